The van der Waals surface area contributed by atoms with Crippen molar-refractivity contribution in [1.82, 2.24) is 4.90 Å². The first-order valence-corrected chi connectivity index (χ1v) is 8.66. The highest BCUT2D eigenvalue weighted by atomic mass is 35.5. The van der Waals surface area contributed by atoms with Crippen molar-refractivity contribution in [1.29, 1.82) is 0 Å². The molecule has 112 valence electrons. The van der Waals surface area contributed by atoms with Crippen LogP contribution in [0.4, 0.5) is 0 Å². The van der Waals surface area contributed by atoms with E-state index < -0.39 is 5.60 Å². The van der Waals surface area contributed by atoms with Gasteiger partial charge in [-0.1, -0.05) is 29.8 Å². The molecule has 3 nitrogen and oxygen atoms in total. The number of aliphatic hydroxyl groups is 1. The Bertz CT molecular complexity index is 564. The molecule has 0 aliphatic carbocycles. The van der Waals surface area contributed by atoms with Crippen LogP contribution in [-0.2, 0) is 4.79 Å². The Hall–Kier alpha value is -0.970. The molecule has 1 unspecified atom stereocenters. The van der Waals surface area contributed by atoms with Gasteiger partial charge in [-0.15, -0.1) is 0 Å². The lowest BCUT2D eigenvalue weighted by Gasteiger charge is -2.32. The number of carbonyl (C=O) groups is 1. The minimum atomic E-state index is -1.14. The fourth-order valence-corrected chi connectivity index (χ4v) is 4.15. The van der Waals surface area contributed by atoms with Crippen LogP contribution in [-0.4, -0.2) is 46.1 Å². The summed E-state index contributed by atoms with van der Waals surface area (Å²) in [5, 5.41) is 11.1. The van der Waals surface area contributed by atoms with Gasteiger partial charge in [0, 0.05) is 23.9 Å². The van der Waals surface area contributed by atoms with Crippen molar-refractivity contribution in [3.8, 4) is 0 Å². The summed E-state index contributed by atoms with van der Waals surface area (Å²) in [6.07, 6.45) is 3.47. The summed E-state index contributed by atoms with van der Waals surface area (Å²) >= 11 is 7.55. The smallest absolute Gasteiger partial charge is 0.255 e. The van der Waals surface area contributed by atoms with E-state index in [1.807, 2.05) is 24.3 Å². The predicted octanol–water partition coefficient (Wildman–Crippen LogP) is 2.82. The second kappa shape index (κ2) is 6.03. The highest BCUT2D eigenvalue weighted by Crippen LogP contribution is 2.31. The molecule has 1 amide bonds. The van der Waals surface area contributed by atoms with Gasteiger partial charge in [-0.2, -0.15) is 11.8 Å². The maximum Gasteiger partial charge on any atom is 0.255 e. The van der Waals surface area contributed by atoms with Gasteiger partial charge >= 0.3 is 0 Å². The maximum absolute atomic E-state index is 12.4. The largest absolute Gasteiger partial charge is 0.379 e. The number of amides is 1. The lowest BCUT2D eigenvalue weighted by Crippen LogP contribution is -2.50. The number of benzene rings is 1. The molecule has 0 radical (unpaired) electrons. The van der Waals surface area contributed by atoms with E-state index >= 15 is 0 Å². The first-order chi connectivity index (χ1) is 10.1. The van der Waals surface area contributed by atoms with E-state index in [9.17, 15) is 9.90 Å². The fourth-order valence-electron chi connectivity index (χ4n) is 2.80. The Kier molecular flexibility index (Phi) is 4.29. The molecule has 2 aliphatic heterocycles. The molecule has 0 aromatic heterocycles. The average molecular weight is 324 g/mol. The number of halogens is 1. The lowest BCUT2D eigenvalue weighted by molar-refractivity contribution is -0.148. The second-order valence-corrected chi connectivity index (χ2v) is 7.11. The van der Waals surface area contributed by atoms with E-state index in [2.05, 4.69) is 6.08 Å². The van der Waals surface area contributed by atoms with Crippen LogP contribution in [0, 0.1) is 0 Å². The Morgan fingerprint density at radius 1 is 1.33 bits per heavy atom. The van der Waals surface area contributed by atoms with Gasteiger partial charge in [0.15, 0.2) is 5.60 Å². The summed E-state index contributed by atoms with van der Waals surface area (Å²) in [6.45, 7) is 1.24. The highest BCUT2D eigenvalue weighted by molar-refractivity contribution is 7.99. The molecule has 21 heavy (non-hydrogen) atoms. The number of thioether (sulfide) groups is 1. The van der Waals surface area contributed by atoms with Crippen molar-refractivity contribution >= 4 is 34.8 Å². The number of hydrogen-bond donors (Lipinski definition) is 1. The van der Waals surface area contributed by atoms with Crippen LogP contribution in [0.25, 0.3) is 5.57 Å². The van der Waals surface area contributed by atoms with Gasteiger partial charge in [-0.3, -0.25) is 4.79 Å². The SMILES string of the molecule is O=C(N1CC=C(c2ccc(Cl)cc2)CC1)C1(O)CCSC1. The summed E-state index contributed by atoms with van der Waals surface area (Å²) in [5.74, 6) is 1.27. The summed E-state index contributed by atoms with van der Waals surface area (Å²) in [5.41, 5.74) is 1.25. The topological polar surface area (TPSA) is 40.5 Å². The number of hydrogen-bond acceptors (Lipinski definition) is 3. The van der Waals surface area contributed by atoms with Crippen LogP contribution in [0.1, 0.15) is 18.4 Å². The van der Waals surface area contributed by atoms with Gasteiger partial charge in [-0.25, -0.2) is 0 Å². The summed E-state index contributed by atoms with van der Waals surface area (Å²) in [6, 6.07) is 7.78. The average Bonchev–Trinajstić information content (AvgIpc) is 2.96. The fraction of sp³-hybridized carbons (Fsp3) is 0.438. The van der Waals surface area contributed by atoms with Gasteiger partial charge in [-0.05, 0) is 41.9 Å². The van der Waals surface area contributed by atoms with Crippen LogP contribution in [0.2, 0.25) is 5.02 Å². The molecular formula is C16H18ClNO2S. The molecule has 0 bridgehead atoms. The van der Waals surface area contributed by atoms with E-state index in [0.717, 1.165) is 22.8 Å². The molecule has 1 fully saturated rings. The second-order valence-electron chi connectivity index (χ2n) is 5.57. The van der Waals surface area contributed by atoms with E-state index in [0.29, 0.717) is 25.3 Å². The Labute approximate surface area is 134 Å². The Morgan fingerprint density at radius 2 is 2.10 bits per heavy atom. The first kappa shape index (κ1) is 14.9. The number of nitrogens with zero attached hydrogens (tertiary/aromatic N) is 1. The molecule has 1 aromatic rings. The molecule has 1 aromatic carbocycles. The van der Waals surface area contributed by atoms with Crippen molar-refractivity contribution in [3.63, 3.8) is 0 Å². The van der Waals surface area contributed by atoms with Crippen molar-refractivity contribution in [2.45, 2.75) is 18.4 Å². The maximum atomic E-state index is 12.4. The third-order valence-corrected chi connectivity index (χ3v) is 5.54. The molecule has 0 saturated carbocycles. The number of rotatable bonds is 2. The normalized spacial score (nSPS) is 25.8. The summed E-state index contributed by atoms with van der Waals surface area (Å²) in [4.78, 5) is 14.2. The molecule has 1 saturated heterocycles. The standard InChI is InChI=1S/C16H18ClNO2S/c17-14-3-1-12(2-4-14)13-5-8-18(9-6-13)15(19)16(20)7-10-21-11-16/h1-5,20H,6-11H2. The molecule has 0 spiro atoms. The van der Waals surface area contributed by atoms with Crippen LogP contribution in [0.3, 0.4) is 0 Å². The van der Waals surface area contributed by atoms with Gasteiger partial charge in [0.1, 0.15) is 0 Å². The summed E-state index contributed by atoms with van der Waals surface area (Å²) < 4.78 is 0. The number of carbonyl (C=O) groups excluding carboxylic acids is 1. The van der Waals surface area contributed by atoms with Crippen LogP contribution in [0.15, 0.2) is 30.3 Å². The molecule has 2 aliphatic rings. The molecule has 2 heterocycles. The van der Waals surface area contributed by atoms with Crippen LogP contribution >= 0.6 is 23.4 Å². The van der Waals surface area contributed by atoms with Gasteiger partial charge in [0.05, 0.1) is 0 Å². The Balaban J connectivity index is 1.69. The van der Waals surface area contributed by atoms with E-state index in [-0.39, 0.29) is 5.91 Å². The third-order valence-electron chi connectivity index (χ3n) is 4.11. The molecule has 1 atom stereocenters. The van der Waals surface area contributed by atoms with E-state index in [1.54, 1.807) is 16.7 Å². The quantitative estimate of drug-likeness (QED) is 0.910. The van der Waals surface area contributed by atoms with Gasteiger partial charge < -0.3 is 10.0 Å². The van der Waals surface area contributed by atoms with Crippen molar-refractivity contribution in [2.75, 3.05) is 24.6 Å². The van der Waals surface area contributed by atoms with Gasteiger partial charge in [0.25, 0.3) is 5.91 Å². The zero-order valence-electron chi connectivity index (χ0n) is 11.7. The minimum absolute atomic E-state index is 0.112. The lowest BCUT2D eigenvalue weighted by atomic mass is 9.97. The molecule has 1 N–H and O–H groups in total. The monoisotopic (exact) mass is 323 g/mol. The molecule has 5 heteroatoms. The van der Waals surface area contributed by atoms with Crippen molar-refractivity contribution in [3.05, 3.63) is 40.9 Å². The van der Waals surface area contributed by atoms with Gasteiger partial charge in [0.2, 0.25) is 0 Å². The van der Waals surface area contributed by atoms with Crippen LogP contribution < -0.4 is 0 Å². The Morgan fingerprint density at radius 3 is 2.67 bits per heavy atom. The van der Waals surface area contributed by atoms with Crippen molar-refractivity contribution < 1.29 is 9.90 Å². The predicted molar refractivity (Wildman–Crippen MR) is 87.5 cm³/mol. The van der Waals surface area contributed by atoms with Crippen molar-refractivity contribution in [2.24, 2.45) is 0 Å². The minimum Gasteiger partial charge on any atom is -0.379 e. The van der Waals surface area contributed by atoms with E-state index in [1.165, 1.54) is 5.57 Å². The highest BCUT2D eigenvalue weighted by Gasteiger charge is 2.42. The molecule has 3 rings (SSSR count). The molecular weight excluding hydrogens is 306 g/mol. The van der Waals surface area contributed by atoms with E-state index in [4.69, 9.17) is 11.6 Å². The van der Waals surface area contributed by atoms with Crippen LogP contribution in [0.5, 0.6) is 0 Å². The zero-order valence-corrected chi connectivity index (χ0v) is 13.3. The first-order valence-electron chi connectivity index (χ1n) is 7.13. The summed E-state index contributed by atoms with van der Waals surface area (Å²) in [7, 11) is 0. The third kappa shape index (κ3) is 3.12. The zero-order chi connectivity index (χ0) is 14.9.